The van der Waals surface area contributed by atoms with Crippen molar-refractivity contribution in [2.45, 2.75) is 52.0 Å². The summed E-state index contributed by atoms with van der Waals surface area (Å²) in [4.78, 5) is 31.3. The van der Waals surface area contributed by atoms with Gasteiger partial charge < -0.3 is 14.5 Å². The molecular formula is C25H34N2O3S. The normalized spacial score (nSPS) is 15.6. The van der Waals surface area contributed by atoms with Gasteiger partial charge in [-0.2, -0.15) is 0 Å². The molecule has 0 saturated carbocycles. The average molecular weight is 443 g/mol. The number of aryl methyl sites for hydroxylation is 1. The summed E-state index contributed by atoms with van der Waals surface area (Å²) in [5.74, 6) is 0.0429. The number of benzene rings is 1. The molecule has 0 radical (unpaired) electrons. The summed E-state index contributed by atoms with van der Waals surface area (Å²) in [6.45, 7) is 5.85. The van der Waals surface area contributed by atoms with Crippen LogP contribution in [0.15, 0.2) is 35.7 Å². The van der Waals surface area contributed by atoms with Crippen LogP contribution in [0.4, 0.5) is 0 Å². The molecule has 1 aliphatic heterocycles. The van der Waals surface area contributed by atoms with Crippen molar-refractivity contribution in [3.05, 3.63) is 57.3 Å². The van der Waals surface area contributed by atoms with Crippen molar-refractivity contribution in [3.63, 3.8) is 0 Å². The first-order valence-electron chi connectivity index (χ1n) is 11.2. The lowest BCUT2D eigenvalue weighted by atomic mass is 9.92. The summed E-state index contributed by atoms with van der Waals surface area (Å²) in [5, 5.41) is 2.11. The maximum absolute atomic E-state index is 13.5. The highest BCUT2D eigenvalue weighted by molar-refractivity contribution is 7.10. The van der Waals surface area contributed by atoms with E-state index >= 15 is 0 Å². The molecule has 0 fully saturated rings. The van der Waals surface area contributed by atoms with E-state index in [0.717, 1.165) is 31.2 Å². The van der Waals surface area contributed by atoms with E-state index in [1.807, 2.05) is 4.90 Å². The highest BCUT2D eigenvalue weighted by Gasteiger charge is 2.33. The molecule has 2 aromatic rings. The van der Waals surface area contributed by atoms with E-state index in [9.17, 15) is 9.59 Å². The van der Waals surface area contributed by atoms with Crippen molar-refractivity contribution in [2.24, 2.45) is 0 Å². The van der Waals surface area contributed by atoms with Crippen molar-refractivity contribution < 1.29 is 14.3 Å². The summed E-state index contributed by atoms with van der Waals surface area (Å²) in [6.07, 6.45) is 4.31. The highest BCUT2D eigenvalue weighted by Crippen LogP contribution is 2.38. The average Bonchev–Trinajstić information content (AvgIpc) is 3.25. The summed E-state index contributed by atoms with van der Waals surface area (Å²) >= 11 is 1.76. The first-order valence-corrected chi connectivity index (χ1v) is 12.1. The summed E-state index contributed by atoms with van der Waals surface area (Å²) in [5.41, 5.74) is 3.54. The zero-order valence-corrected chi connectivity index (χ0v) is 19.7. The molecule has 1 aromatic carbocycles. The van der Waals surface area contributed by atoms with Crippen LogP contribution in [-0.2, 0) is 20.7 Å². The Morgan fingerprint density at radius 2 is 1.97 bits per heavy atom. The van der Waals surface area contributed by atoms with Crippen molar-refractivity contribution in [1.82, 2.24) is 9.80 Å². The molecule has 0 aliphatic carbocycles. The number of rotatable bonds is 10. The lowest BCUT2D eigenvalue weighted by molar-refractivity contribution is -0.142. The second-order valence-electron chi connectivity index (χ2n) is 8.21. The molecule has 31 heavy (non-hydrogen) atoms. The van der Waals surface area contributed by atoms with E-state index in [-0.39, 0.29) is 24.4 Å². The van der Waals surface area contributed by atoms with Crippen LogP contribution in [-0.4, -0.2) is 55.0 Å². The third-order valence-corrected chi connectivity index (χ3v) is 6.91. The van der Waals surface area contributed by atoms with Crippen LogP contribution in [0.2, 0.25) is 0 Å². The highest BCUT2D eigenvalue weighted by atomic mass is 32.1. The van der Waals surface area contributed by atoms with E-state index < -0.39 is 0 Å². The number of hydrogen-bond donors (Lipinski definition) is 0. The van der Waals surface area contributed by atoms with Crippen LogP contribution in [0.3, 0.4) is 0 Å². The number of carbonyl (C=O) groups is 2. The van der Waals surface area contributed by atoms with Gasteiger partial charge in [-0.15, -0.1) is 11.3 Å². The fraction of sp³-hybridized carbons (Fsp3) is 0.520. The molecule has 0 N–H and O–H groups in total. The third-order valence-electron chi connectivity index (χ3n) is 5.92. The maximum Gasteiger partial charge on any atom is 0.242 e. The Morgan fingerprint density at radius 1 is 1.19 bits per heavy atom. The Kier molecular flexibility index (Phi) is 8.67. The molecule has 2 heterocycles. The number of methoxy groups -OCH3 is 1. The van der Waals surface area contributed by atoms with Crippen molar-refractivity contribution >= 4 is 23.2 Å². The van der Waals surface area contributed by atoms with Crippen LogP contribution in [0.1, 0.15) is 60.2 Å². The molecule has 1 unspecified atom stereocenters. The molecule has 1 aliphatic rings. The van der Waals surface area contributed by atoms with Crippen molar-refractivity contribution in [3.8, 4) is 0 Å². The number of carbonyl (C=O) groups excluding carboxylic acids is 2. The van der Waals surface area contributed by atoms with E-state index in [1.54, 1.807) is 23.3 Å². The Hall–Kier alpha value is -2.18. The zero-order valence-electron chi connectivity index (χ0n) is 18.9. The number of ether oxygens (including phenoxy) is 1. The second kappa shape index (κ2) is 11.4. The minimum Gasteiger partial charge on any atom is -0.383 e. The van der Waals surface area contributed by atoms with Gasteiger partial charge in [-0.25, -0.2) is 0 Å². The predicted octanol–water partition coefficient (Wildman–Crippen LogP) is 4.59. The number of thiophene rings is 1. The van der Waals surface area contributed by atoms with Gasteiger partial charge in [0.15, 0.2) is 0 Å². The monoisotopic (exact) mass is 442 g/mol. The number of hydrogen-bond acceptors (Lipinski definition) is 4. The smallest absolute Gasteiger partial charge is 0.242 e. The van der Waals surface area contributed by atoms with Crippen LogP contribution in [0, 0.1) is 6.92 Å². The van der Waals surface area contributed by atoms with Crippen LogP contribution in [0.5, 0.6) is 0 Å². The number of nitrogens with zero attached hydrogens (tertiary/aromatic N) is 2. The maximum atomic E-state index is 13.5. The standard InChI is InChI=1S/C25H34N2O3S/c1-4-5-6-7-23(28)26(15-16-30-3)18-24(29)27-14-12-22-21(13-17-31-22)25(27)20-10-8-19(2)9-11-20/h8-11,13,17,25H,4-7,12,14-16,18H2,1-3H3. The summed E-state index contributed by atoms with van der Waals surface area (Å²) in [6, 6.07) is 10.5. The van der Waals surface area contributed by atoms with Crippen LogP contribution >= 0.6 is 11.3 Å². The fourth-order valence-corrected chi connectivity index (χ4v) is 5.03. The lowest BCUT2D eigenvalue weighted by Gasteiger charge is -2.37. The van der Waals surface area contributed by atoms with Crippen LogP contribution < -0.4 is 0 Å². The quantitative estimate of drug-likeness (QED) is 0.506. The predicted molar refractivity (Wildman–Crippen MR) is 125 cm³/mol. The van der Waals surface area contributed by atoms with Gasteiger partial charge in [-0.3, -0.25) is 9.59 Å². The van der Waals surface area contributed by atoms with Gasteiger partial charge in [0.05, 0.1) is 19.2 Å². The Morgan fingerprint density at radius 3 is 2.68 bits per heavy atom. The van der Waals surface area contributed by atoms with E-state index in [0.29, 0.717) is 26.1 Å². The first-order chi connectivity index (χ1) is 15.0. The van der Waals surface area contributed by atoms with Crippen LogP contribution in [0.25, 0.3) is 0 Å². The van der Waals surface area contributed by atoms with Gasteiger partial charge in [0, 0.05) is 31.5 Å². The lowest BCUT2D eigenvalue weighted by Crippen LogP contribution is -2.47. The van der Waals surface area contributed by atoms with Gasteiger partial charge >= 0.3 is 0 Å². The van der Waals surface area contributed by atoms with Gasteiger partial charge in [-0.05, 0) is 42.3 Å². The van der Waals surface area contributed by atoms with Crippen molar-refractivity contribution in [2.75, 3.05) is 33.4 Å². The molecular weight excluding hydrogens is 408 g/mol. The minimum absolute atomic E-state index is 0.00219. The SMILES string of the molecule is CCCCCC(=O)N(CCOC)CC(=O)N1CCc2sccc2C1c1ccc(C)cc1. The van der Waals surface area contributed by atoms with Gasteiger partial charge in [0.1, 0.15) is 0 Å². The fourth-order valence-electron chi connectivity index (χ4n) is 4.13. The molecule has 0 spiro atoms. The third kappa shape index (κ3) is 5.95. The summed E-state index contributed by atoms with van der Waals surface area (Å²) < 4.78 is 5.20. The Balaban J connectivity index is 1.79. The Bertz CT molecular complexity index is 862. The molecule has 6 heteroatoms. The van der Waals surface area contributed by atoms with E-state index in [1.165, 1.54) is 16.0 Å². The molecule has 5 nitrogen and oxygen atoms in total. The second-order valence-corrected chi connectivity index (χ2v) is 9.22. The van der Waals surface area contributed by atoms with Gasteiger partial charge in [-0.1, -0.05) is 49.6 Å². The number of unbranched alkanes of at least 4 members (excludes halogenated alkanes) is 2. The molecule has 1 aromatic heterocycles. The Labute approximate surface area is 190 Å². The molecule has 1 atom stereocenters. The van der Waals surface area contributed by atoms with Gasteiger partial charge in [0.25, 0.3) is 0 Å². The molecule has 2 amide bonds. The van der Waals surface area contributed by atoms with Crippen molar-refractivity contribution in [1.29, 1.82) is 0 Å². The minimum atomic E-state index is -0.0948. The van der Waals surface area contributed by atoms with Gasteiger partial charge in [0.2, 0.25) is 11.8 Å². The molecule has 168 valence electrons. The first kappa shape index (κ1) is 23.5. The number of fused-ring (bicyclic) bond motifs is 1. The molecule has 3 rings (SSSR count). The number of amides is 2. The van der Waals surface area contributed by atoms with E-state index in [4.69, 9.17) is 4.74 Å². The molecule has 0 bridgehead atoms. The zero-order chi connectivity index (χ0) is 22.2. The topological polar surface area (TPSA) is 49.9 Å². The van der Waals surface area contributed by atoms with E-state index in [2.05, 4.69) is 49.6 Å². The molecule has 0 saturated heterocycles. The largest absolute Gasteiger partial charge is 0.383 e. The summed E-state index contributed by atoms with van der Waals surface area (Å²) in [7, 11) is 1.62.